The van der Waals surface area contributed by atoms with Crippen molar-refractivity contribution in [1.29, 1.82) is 0 Å². The van der Waals surface area contributed by atoms with Gasteiger partial charge >= 0.3 is 13.7 Å². The Hall–Kier alpha value is -2.41. The Kier molecular flexibility index (Phi) is 9.57. The lowest BCUT2D eigenvalue weighted by Crippen LogP contribution is -2.44. The molecule has 1 fully saturated rings. The van der Waals surface area contributed by atoms with Crippen LogP contribution in [0.25, 0.3) is 11.2 Å². The number of carboxylic acid groups (broad SMARTS) is 1. The predicted octanol–water partition coefficient (Wildman–Crippen LogP) is -1.20. The average molecular weight is 595 g/mol. The fourth-order valence-electron chi connectivity index (χ4n) is 3.51. The number of aliphatic hydroxyl groups excluding tert-OH is 2. The molecule has 39 heavy (non-hydrogen) atoms. The van der Waals surface area contributed by atoms with Gasteiger partial charge in [0.25, 0.3) is 5.56 Å². The summed E-state index contributed by atoms with van der Waals surface area (Å²) >= 11 is 0.828. The Bertz CT molecular complexity index is 1310. The number of nitrogen functional groups attached to an aromatic ring is 1. The molecule has 218 valence electrons. The fraction of sp³-hybridized carbons (Fsp3) is 0.650. The predicted molar refractivity (Wildman–Crippen MR) is 137 cm³/mol. The van der Waals surface area contributed by atoms with Crippen LogP contribution in [0.4, 0.5) is 5.95 Å². The van der Waals surface area contributed by atoms with Crippen molar-refractivity contribution in [3.8, 4) is 0 Å². The van der Waals surface area contributed by atoms with Crippen molar-refractivity contribution in [2.75, 3.05) is 37.9 Å². The molecule has 3 rings (SSSR count). The highest BCUT2D eigenvalue weighted by Gasteiger charge is 2.54. The number of nitrogens with two attached hydrogens (primary N) is 1. The number of carboxylic acids is 1. The van der Waals surface area contributed by atoms with Crippen LogP contribution in [-0.2, 0) is 27.9 Å². The van der Waals surface area contributed by atoms with Crippen LogP contribution in [0.2, 0.25) is 0 Å². The minimum Gasteiger partial charge on any atom is -0.480 e. The third-order valence-electron chi connectivity index (χ3n) is 5.82. The first-order chi connectivity index (χ1) is 18.1. The average Bonchev–Trinajstić information content (AvgIpc) is 3.37. The summed E-state index contributed by atoms with van der Waals surface area (Å²) in [6.07, 6.45) is -3.07. The zero-order valence-corrected chi connectivity index (χ0v) is 23.0. The number of imidazole rings is 1. The van der Waals surface area contributed by atoms with E-state index in [0.717, 1.165) is 11.8 Å². The second-order valence-electron chi connectivity index (χ2n) is 9.51. The van der Waals surface area contributed by atoms with Crippen LogP contribution in [-0.4, -0.2) is 101 Å². The number of hydrogen-bond donors (Lipinski definition) is 7. The van der Waals surface area contributed by atoms with Gasteiger partial charge in [0.15, 0.2) is 22.5 Å². The Balaban J connectivity index is 1.70. The Labute approximate surface area is 225 Å². The number of aliphatic carboxylic acids is 1. The van der Waals surface area contributed by atoms with Crippen molar-refractivity contribution in [3.63, 3.8) is 0 Å². The molecular weight excluding hydrogens is 563 g/mol. The van der Waals surface area contributed by atoms with E-state index >= 15 is 0 Å². The fourth-order valence-corrected chi connectivity index (χ4v) is 5.70. The van der Waals surface area contributed by atoms with E-state index in [2.05, 4.69) is 20.0 Å². The number of ether oxygens (including phenoxy) is 1. The lowest BCUT2D eigenvalue weighted by molar-refractivity contribution is -0.135. The summed E-state index contributed by atoms with van der Waals surface area (Å²) in [6.45, 7) is 2.28. The molecule has 17 nitrogen and oxygen atoms in total. The van der Waals surface area contributed by atoms with Gasteiger partial charge in [-0.2, -0.15) is 4.98 Å². The molecule has 0 radical (unpaired) electrons. The standard InChI is InChI=1S/C20H31N6O11PS/c1-19(2,8-27)17(32)39-5-4-35-38(34,23-6-11(28)29)36-7-10-13(30)20(3,33)16(37-10)26-9-22-12-14(26)24-18(21)25-15(12)31/h9-10,13,16,27,30,33H,4-8H2,1-3H3,(H,23,34)(H,28,29)(H3,21,24,25,31)/t10-,13-,16-,20-,38?/m1/s1. The molecule has 1 saturated heterocycles. The van der Waals surface area contributed by atoms with Gasteiger partial charge < -0.3 is 30.9 Å². The molecule has 1 aliphatic rings. The number of nitrogens with one attached hydrogen (secondary N) is 2. The molecule has 0 amide bonds. The Morgan fingerprint density at radius 1 is 1.41 bits per heavy atom. The number of rotatable bonds is 13. The number of aromatic amines is 1. The largest absolute Gasteiger partial charge is 0.480 e. The van der Waals surface area contributed by atoms with Gasteiger partial charge in [-0.25, -0.2) is 14.6 Å². The van der Waals surface area contributed by atoms with Crippen molar-refractivity contribution in [2.45, 2.75) is 44.8 Å². The molecular formula is C20H31N6O11PS. The molecule has 1 unspecified atom stereocenters. The van der Waals surface area contributed by atoms with E-state index < -0.39 is 61.9 Å². The molecule has 0 aromatic carbocycles. The quantitative estimate of drug-likeness (QED) is 0.106. The SMILES string of the molecule is CC(C)(CO)C(=O)SCCOP(=O)(NCC(=O)O)OC[C@H]1O[C@@H](n2cnc3c(=O)[nH]c(N)nc32)[C@](C)(O)[C@@H]1O. The molecule has 2 aromatic rings. The Morgan fingerprint density at radius 2 is 2.10 bits per heavy atom. The first kappa shape index (κ1) is 31.1. The minimum absolute atomic E-state index is 0.0205. The van der Waals surface area contributed by atoms with E-state index in [1.54, 1.807) is 13.8 Å². The van der Waals surface area contributed by atoms with Crippen molar-refractivity contribution in [2.24, 2.45) is 5.41 Å². The molecule has 1 aliphatic heterocycles. The van der Waals surface area contributed by atoms with Gasteiger partial charge in [0.2, 0.25) is 5.95 Å². The van der Waals surface area contributed by atoms with E-state index in [-0.39, 0.29) is 41.2 Å². The number of H-pyrrole nitrogens is 1. The summed E-state index contributed by atoms with van der Waals surface area (Å²) in [4.78, 5) is 45.5. The summed E-state index contributed by atoms with van der Waals surface area (Å²) in [7, 11) is -4.30. The molecule has 2 aromatic heterocycles. The van der Waals surface area contributed by atoms with Gasteiger partial charge in [0, 0.05) is 5.75 Å². The second kappa shape index (κ2) is 12.0. The van der Waals surface area contributed by atoms with Crippen LogP contribution in [0.3, 0.4) is 0 Å². The summed E-state index contributed by atoms with van der Waals surface area (Å²) in [5, 5.41) is 41.9. The summed E-state index contributed by atoms with van der Waals surface area (Å²) in [6, 6.07) is 0. The summed E-state index contributed by atoms with van der Waals surface area (Å²) in [5.74, 6) is -1.55. The molecule has 3 heterocycles. The van der Waals surface area contributed by atoms with Gasteiger partial charge in [0.05, 0.1) is 31.6 Å². The third kappa shape index (κ3) is 7.03. The van der Waals surface area contributed by atoms with E-state index in [1.165, 1.54) is 17.8 Å². The molecule has 19 heteroatoms. The van der Waals surface area contributed by atoms with Crippen molar-refractivity contribution in [3.05, 3.63) is 16.7 Å². The molecule has 8 N–H and O–H groups in total. The number of thioether (sulfide) groups is 1. The van der Waals surface area contributed by atoms with Crippen LogP contribution in [0, 0.1) is 5.41 Å². The highest BCUT2D eigenvalue weighted by molar-refractivity contribution is 8.13. The van der Waals surface area contributed by atoms with E-state index in [4.69, 9.17) is 24.6 Å². The van der Waals surface area contributed by atoms with E-state index in [9.17, 15) is 34.3 Å². The van der Waals surface area contributed by atoms with Crippen LogP contribution >= 0.6 is 19.5 Å². The van der Waals surface area contributed by atoms with Crippen molar-refractivity contribution in [1.82, 2.24) is 24.6 Å². The Morgan fingerprint density at radius 3 is 2.74 bits per heavy atom. The number of anilines is 1. The van der Waals surface area contributed by atoms with Crippen molar-refractivity contribution < 1.29 is 48.4 Å². The maximum Gasteiger partial charge on any atom is 0.406 e. The van der Waals surface area contributed by atoms with E-state index in [0.29, 0.717) is 0 Å². The highest BCUT2D eigenvalue weighted by Crippen LogP contribution is 2.46. The van der Waals surface area contributed by atoms with Gasteiger partial charge in [0.1, 0.15) is 24.4 Å². The van der Waals surface area contributed by atoms with Gasteiger partial charge in [-0.1, -0.05) is 11.8 Å². The number of fused-ring (bicyclic) bond motifs is 1. The van der Waals surface area contributed by atoms with Gasteiger partial charge in [-0.15, -0.1) is 0 Å². The lowest BCUT2D eigenvalue weighted by Gasteiger charge is -2.27. The molecule has 0 aliphatic carbocycles. The summed E-state index contributed by atoms with van der Waals surface area (Å²) < 4.78 is 30.7. The molecule has 0 saturated carbocycles. The first-order valence-electron chi connectivity index (χ1n) is 11.5. The van der Waals surface area contributed by atoms with Crippen LogP contribution in [0.5, 0.6) is 0 Å². The number of aromatic nitrogens is 4. The highest BCUT2D eigenvalue weighted by atomic mass is 32.2. The number of aliphatic hydroxyl groups is 3. The third-order valence-corrected chi connectivity index (χ3v) is 8.56. The first-order valence-corrected chi connectivity index (χ1v) is 14.1. The topological polar surface area (TPSA) is 261 Å². The normalized spacial score (nSPS) is 25.1. The van der Waals surface area contributed by atoms with Gasteiger partial charge in [-0.05, 0) is 20.8 Å². The van der Waals surface area contributed by atoms with Gasteiger partial charge in [-0.3, -0.25) is 33.0 Å². The number of nitrogens with zero attached hydrogens (tertiary/aromatic N) is 3. The maximum absolute atomic E-state index is 13.2. The smallest absolute Gasteiger partial charge is 0.406 e. The zero-order valence-electron chi connectivity index (χ0n) is 21.3. The summed E-state index contributed by atoms with van der Waals surface area (Å²) in [5.41, 5.74) is 1.89. The number of carbonyl (C=O) groups excluding carboxylic acids is 1. The number of hydrogen-bond acceptors (Lipinski definition) is 14. The lowest BCUT2D eigenvalue weighted by atomic mass is 9.96. The monoisotopic (exact) mass is 594 g/mol. The number of carbonyl (C=O) groups is 2. The molecule has 0 bridgehead atoms. The van der Waals surface area contributed by atoms with E-state index in [1.807, 2.05) is 0 Å². The van der Waals surface area contributed by atoms with Crippen molar-refractivity contribution >= 4 is 47.7 Å². The minimum atomic E-state index is -4.30. The van der Waals surface area contributed by atoms with Crippen LogP contribution < -0.4 is 16.4 Å². The van der Waals surface area contributed by atoms with Crippen LogP contribution in [0.15, 0.2) is 11.1 Å². The van der Waals surface area contributed by atoms with Crippen LogP contribution in [0.1, 0.15) is 27.0 Å². The zero-order chi connectivity index (χ0) is 29.2. The second-order valence-corrected chi connectivity index (χ2v) is 12.4. The molecule has 5 atom stereocenters. The molecule has 0 spiro atoms. The maximum atomic E-state index is 13.2.